The van der Waals surface area contributed by atoms with Crippen molar-refractivity contribution >= 4 is 0 Å². The van der Waals surface area contributed by atoms with Gasteiger partial charge in [0.15, 0.2) is 0 Å². The van der Waals surface area contributed by atoms with Crippen LogP contribution in [-0.4, -0.2) is 13.7 Å². The highest BCUT2D eigenvalue weighted by molar-refractivity contribution is 5.27. The molecular formula is C17H21F3O. The molecule has 1 nitrogen and oxygen atoms in total. The maximum atomic E-state index is 12.5. The van der Waals surface area contributed by atoms with Gasteiger partial charge in [-0.25, -0.2) is 0 Å². The molecule has 0 amide bonds. The van der Waals surface area contributed by atoms with Gasteiger partial charge in [0.1, 0.15) is 0 Å². The van der Waals surface area contributed by atoms with E-state index >= 15 is 0 Å². The van der Waals surface area contributed by atoms with E-state index in [0.29, 0.717) is 18.4 Å². The van der Waals surface area contributed by atoms with Crippen molar-refractivity contribution in [3.05, 3.63) is 47.5 Å². The standard InChI is InChI=1S/C17H21F3O/c1-21-12-2-3-13-4-6-14(7-5-13)15-8-10-16(11-9-15)17(18,19)20/h2-3,8-11,13-14H,4-7,12H2,1H3/b3-2+. The Balaban J connectivity index is 1.90. The summed E-state index contributed by atoms with van der Waals surface area (Å²) in [5.74, 6) is 0.963. The first-order chi connectivity index (χ1) is 10.0. The largest absolute Gasteiger partial charge is 0.416 e. The van der Waals surface area contributed by atoms with Crippen LogP contribution >= 0.6 is 0 Å². The summed E-state index contributed by atoms with van der Waals surface area (Å²) >= 11 is 0. The topological polar surface area (TPSA) is 9.23 Å². The number of methoxy groups -OCH3 is 1. The lowest BCUT2D eigenvalue weighted by Gasteiger charge is -2.27. The summed E-state index contributed by atoms with van der Waals surface area (Å²) in [5.41, 5.74) is 0.463. The van der Waals surface area contributed by atoms with Gasteiger partial charge >= 0.3 is 6.18 Å². The van der Waals surface area contributed by atoms with Gasteiger partial charge in [0.2, 0.25) is 0 Å². The van der Waals surface area contributed by atoms with E-state index < -0.39 is 11.7 Å². The van der Waals surface area contributed by atoms with E-state index in [4.69, 9.17) is 4.74 Å². The van der Waals surface area contributed by atoms with Crippen molar-refractivity contribution in [3.8, 4) is 0 Å². The Hall–Kier alpha value is -1.29. The van der Waals surface area contributed by atoms with E-state index in [0.717, 1.165) is 31.2 Å². The average Bonchev–Trinajstić information content (AvgIpc) is 2.48. The second kappa shape index (κ2) is 7.12. The smallest absolute Gasteiger partial charge is 0.381 e. The quantitative estimate of drug-likeness (QED) is 0.696. The monoisotopic (exact) mass is 298 g/mol. The average molecular weight is 298 g/mol. The molecule has 1 aromatic rings. The molecule has 0 unspecified atom stereocenters. The molecule has 1 aromatic carbocycles. The highest BCUT2D eigenvalue weighted by atomic mass is 19.4. The van der Waals surface area contributed by atoms with Crippen LogP contribution in [0, 0.1) is 5.92 Å². The van der Waals surface area contributed by atoms with E-state index in [1.165, 1.54) is 12.1 Å². The molecule has 0 radical (unpaired) electrons. The Morgan fingerprint density at radius 2 is 1.71 bits per heavy atom. The normalized spacial score (nSPS) is 23.6. The number of benzene rings is 1. The highest BCUT2D eigenvalue weighted by Crippen LogP contribution is 2.37. The SMILES string of the molecule is COC/C=C/C1CCC(c2ccc(C(F)(F)F)cc2)CC1. The maximum absolute atomic E-state index is 12.5. The van der Waals surface area contributed by atoms with Gasteiger partial charge in [0, 0.05) is 7.11 Å². The molecule has 0 spiro atoms. The molecule has 0 N–H and O–H groups in total. The van der Waals surface area contributed by atoms with E-state index in [1.54, 1.807) is 19.2 Å². The lowest BCUT2D eigenvalue weighted by Crippen LogP contribution is -2.12. The van der Waals surface area contributed by atoms with Crippen LogP contribution in [0.5, 0.6) is 0 Å². The Morgan fingerprint density at radius 1 is 1.10 bits per heavy atom. The molecule has 116 valence electrons. The molecule has 1 saturated carbocycles. The van der Waals surface area contributed by atoms with Crippen LogP contribution in [0.15, 0.2) is 36.4 Å². The number of hydrogen-bond acceptors (Lipinski definition) is 1. The Bertz CT molecular complexity index is 454. The maximum Gasteiger partial charge on any atom is 0.416 e. The number of halogens is 3. The lowest BCUT2D eigenvalue weighted by atomic mass is 9.78. The Labute approximate surface area is 123 Å². The van der Waals surface area contributed by atoms with E-state index in [1.807, 2.05) is 6.08 Å². The van der Waals surface area contributed by atoms with Crippen molar-refractivity contribution in [2.75, 3.05) is 13.7 Å². The van der Waals surface area contributed by atoms with Gasteiger partial charge in [-0.15, -0.1) is 0 Å². The summed E-state index contributed by atoms with van der Waals surface area (Å²) in [7, 11) is 1.67. The zero-order valence-corrected chi connectivity index (χ0v) is 12.2. The van der Waals surface area contributed by atoms with Crippen LogP contribution in [-0.2, 0) is 10.9 Å². The van der Waals surface area contributed by atoms with Crippen LogP contribution in [0.4, 0.5) is 13.2 Å². The van der Waals surface area contributed by atoms with Crippen molar-refractivity contribution in [1.29, 1.82) is 0 Å². The molecular weight excluding hydrogens is 277 g/mol. The second-order valence-corrected chi connectivity index (χ2v) is 5.61. The summed E-state index contributed by atoms with van der Waals surface area (Å²) in [6, 6.07) is 5.66. The van der Waals surface area contributed by atoms with Crippen molar-refractivity contribution in [3.63, 3.8) is 0 Å². The van der Waals surface area contributed by atoms with Crippen LogP contribution in [0.2, 0.25) is 0 Å². The van der Waals surface area contributed by atoms with E-state index in [2.05, 4.69) is 6.08 Å². The first-order valence-electron chi connectivity index (χ1n) is 7.33. The highest BCUT2D eigenvalue weighted by Gasteiger charge is 2.30. The first-order valence-corrected chi connectivity index (χ1v) is 7.33. The van der Waals surface area contributed by atoms with Gasteiger partial charge in [0.05, 0.1) is 12.2 Å². The van der Waals surface area contributed by atoms with Gasteiger partial charge in [-0.05, 0) is 55.2 Å². The summed E-state index contributed by atoms with van der Waals surface area (Å²) in [4.78, 5) is 0. The fourth-order valence-corrected chi connectivity index (χ4v) is 2.93. The number of alkyl halides is 3. The molecule has 0 saturated heterocycles. The van der Waals surface area contributed by atoms with E-state index in [9.17, 15) is 13.2 Å². The molecule has 0 heterocycles. The molecule has 2 rings (SSSR count). The lowest BCUT2D eigenvalue weighted by molar-refractivity contribution is -0.137. The molecule has 0 aromatic heterocycles. The molecule has 1 aliphatic carbocycles. The summed E-state index contributed by atoms with van der Waals surface area (Å²) in [6.45, 7) is 0.638. The van der Waals surface area contributed by atoms with E-state index in [-0.39, 0.29) is 0 Å². The number of allylic oxidation sites excluding steroid dienone is 1. The van der Waals surface area contributed by atoms with Gasteiger partial charge < -0.3 is 4.74 Å². The predicted molar refractivity (Wildman–Crippen MR) is 77.2 cm³/mol. The van der Waals surface area contributed by atoms with Crippen molar-refractivity contribution in [1.82, 2.24) is 0 Å². The molecule has 1 fully saturated rings. The summed E-state index contributed by atoms with van der Waals surface area (Å²) in [6.07, 6.45) is 4.25. The van der Waals surface area contributed by atoms with Gasteiger partial charge in [-0.1, -0.05) is 24.3 Å². The third kappa shape index (κ3) is 4.60. The molecule has 0 atom stereocenters. The molecule has 21 heavy (non-hydrogen) atoms. The molecule has 0 aliphatic heterocycles. The molecule has 1 aliphatic rings. The summed E-state index contributed by atoms with van der Waals surface area (Å²) in [5, 5.41) is 0. The predicted octanol–water partition coefficient (Wildman–Crippen LogP) is 5.18. The minimum absolute atomic E-state index is 0.388. The minimum Gasteiger partial charge on any atom is -0.381 e. The van der Waals surface area contributed by atoms with Gasteiger partial charge in [0.25, 0.3) is 0 Å². The fourth-order valence-electron chi connectivity index (χ4n) is 2.93. The Kier molecular flexibility index (Phi) is 5.45. The van der Waals surface area contributed by atoms with Crippen molar-refractivity contribution < 1.29 is 17.9 Å². The minimum atomic E-state index is -4.25. The third-order valence-electron chi connectivity index (χ3n) is 4.15. The zero-order chi connectivity index (χ0) is 15.3. The second-order valence-electron chi connectivity index (χ2n) is 5.61. The van der Waals surface area contributed by atoms with Crippen molar-refractivity contribution in [2.45, 2.75) is 37.8 Å². The number of hydrogen-bond donors (Lipinski definition) is 0. The third-order valence-corrected chi connectivity index (χ3v) is 4.15. The molecule has 4 heteroatoms. The fraction of sp³-hybridized carbons (Fsp3) is 0.529. The Morgan fingerprint density at radius 3 is 2.24 bits per heavy atom. The van der Waals surface area contributed by atoms with Crippen molar-refractivity contribution in [2.24, 2.45) is 5.92 Å². The number of ether oxygens (including phenoxy) is 1. The van der Waals surface area contributed by atoms with Gasteiger partial charge in [-0.2, -0.15) is 13.2 Å². The van der Waals surface area contributed by atoms with Crippen LogP contribution in [0.25, 0.3) is 0 Å². The van der Waals surface area contributed by atoms with Crippen LogP contribution < -0.4 is 0 Å². The van der Waals surface area contributed by atoms with Crippen LogP contribution in [0.3, 0.4) is 0 Å². The number of rotatable bonds is 4. The first kappa shape index (κ1) is 16.1. The zero-order valence-electron chi connectivity index (χ0n) is 12.2. The summed E-state index contributed by atoms with van der Waals surface area (Å²) < 4.78 is 42.6. The van der Waals surface area contributed by atoms with Gasteiger partial charge in [-0.3, -0.25) is 0 Å². The molecule has 0 bridgehead atoms. The van der Waals surface area contributed by atoms with Crippen LogP contribution in [0.1, 0.15) is 42.7 Å².